The Balaban J connectivity index is 1.31. The van der Waals surface area contributed by atoms with Gasteiger partial charge in [0.1, 0.15) is 23.1 Å². The first-order chi connectivity index (χ1) is 24.1. The van der Waals surface area contributed by atoms with Crippen molar-refractivity contribution in [3.63, 3.8) is 0 Å². The molecule has 262 valence electrons. The SMILES string of the molecule is CCCCCCOC(=O)NC(=N)c1ccc(NCc2nc3c(C)c(N(CC(=O)OCC)S(=O)(=O)c4cccc5cccnc45)ccc3[nH]2)cc1. The van der Waals surface area contributed by atoms with Crippen LogP contribution in [-0.2, 0) is 30.8 Å². The molecule has 14 heteroatoms. The van der Waals surface area contributed by atoms with Crippen molar-refractivity contribution in [3.05, 3.63) is 89.9 Å². The molecule has 0 aliphatic heterocycles. The molecule has 1 amide bonds. The number of rotatable bonds is 15. The molecular weight excluding hydrogens is 659 g/mol. The second-order valence-corrected chi connectivity index (χ2v) is 13.4. The fourth-order valence-corrected chi connectivity index (χ4v) is 7.11. The van der Waals surface area contributed by atoms with E-state index in [2.05, 4.69) is 27.5 Å². The van der Waals surface area contributed by atoms with Gasteiger partial charge >= 0.3 is 12.1 Å². The zero-order chi connectivity index (χ0) is 35.7. The highest BCUT2D eigenvalue weighted by Gasteiger charge is 2.31. The highest BCUT2D eigenvalue weighted by atomic mass is 32.2. The molecule has 2 heterocycles. The fourth-order valence-electron chi connectivity index (χ4n) is 5.48. The number of para-hydroxylation sites is 1. The Labute approximate surface area is 291 Å². The third kappa shape index (κ3) is 8.37. The van der Waals surface area contributed by atoms with Gasteiger partial charge in [0, 0.05) is 28.4 Å². The highest BCUT2D eigenvalue weighted by Crippen LogP contribution is 2.33. The molecule has 0 aliphatic rings. The minimum atomic E-state index is -4.27. The number of carbonyl (C=O) groups excluding carboxylic acids is 2. The highest BCUT2D eigenvalue weighted by molar-refractivity contribution is 7.93. The normalized spacial score (nSPS) is 11.3. The maximum absolute atomic E-state index is 14.2. The monoisotopic (exact) mass is 699 g/mol. The Morgan fingerprint density at radius 2 is 1.72 bits per heavy atom. The summed E-state index contributed by atoms with van der Waals surface area (Å²) in [5.74, 6) is -0.154. The third-order valence-electron chi connectivity index (χ3n) is 8.03. The number of nitrogens with zero attached hydrogens (tertiary/aromatic N) is 3. The summed E-state index contributed by atoms with van der Waals surface area (Å²) in [6.07, 6.45) is 4.85. The maximum atomic E-state index is 14.2. The van der Waals surface area contributed by atoms with Crippen molar-refractivity contribution in [2.24, 2.45) is 0 Å². The van der Waals surface area contributed by atoms with Gasteiger partial charge in [-0.05, 0) is 68.8 Å². The van der Waals surface area contributed by atoms with Crippen LogP contribution in [0.2, 0.25) is 0 Å². The Morgan fingerprint density at radius 1 is 0.940 bits per heavy atom. The summed E-state index contributed by atoms with van der Waals surface area (Å²) >= 11 is 0. The van der Waals surface area contributed by atoms with Gasteiger partial charge in [-0.2, -0.15) is 0 Å². The lowest BCUT2D eigenvalue weighted by Gasteiger charge is -2.25. The minimum absolute atomic E-state index is 0.0269. The third-order valence-corrected chi connectivity index (χ3v) is 9.82. The number of hydrogen-bond acceptors (Lipinski definition) is 10. The van der Waals surface area contributed by atoms with Gasteiger partial charge in [0.2, 0.25) is 0 Å². The van der Waals surface area contributed by atoms with Crippen LogP contribution >= 0.6 is 0 Å². The number of anilines is 2. The van der Waals surface area contributed by atoms with E-state index in [1.165, 1.54) is 12.3 Å². The lowest BCUT2D eigenvalue weighted by molar-refractivity contribution is -0.141. The minimum Gasteiger partial charge on any atom is -0.465 e. The van der Waals surface area contributed by atoms with Crippen LogP contribution in [0, 0.1) is 12.3 Å². The number of benzene rings is 3. The number of carbonyl (C=O) groups is 2. The predicted molar refractivity (Wildman–Crippen MR) is 193 cm³/mol. The van der Waals surface area contributed by atoms with Crippen LogP contribution < -0.4 is 14.9 Å². The Hall–Kier alpha value is -5.50. The van der Waals surface area contributed by atoms with Crippen LogP contribution in [0.25, 0.3) is 21.9 Å². The van der Waals surface area contributed by atoms with Gasteiger partial charge in [-0.25, -0.2) is 18.2 Å². The van der Waals surface area contributed by atoms with Gasteiger partial charge in [0.25, 0.3) is 10.0 Å². The van der Waals surface area contributed by atoms with Gasteiger partial charge in [-0.1, -0.05) is 44.4 Å². The van der Waals surface area contributed by atoms with E-state index in [9.17, 15) is 18.0 Å². The molecule has 5 aromatic rings. The topological polar surface area (TPSA) is 179 Å². The zero-order valence-electron chi connectivity index (χ0n) is 28.3. The smallest absolute Gasteiger partial charge is 0.412 e. The van der Waals surface area contributed by atoms with E-state index in [1.807, 2.05) is 0 Å². The number of aromatic amines is 1. The number of amides is 1. The molecule has 0 spiro atoms. The maximum Gasteiger partial charge on any atom is 0.412 e. The molecule has 0 bridgehead atoms. The van der Waals surface area contributed by atoms with E-state index in [1.54, 1.807) is 74.5 Å². The number of pyridine rings is 1. The van der Waals surface area contributed by atoms with Crippen molar-refractivity contribution in [3.8, 4) is 0 Å². The van der Waals surface area contributed by atoms with E-state index in [0.717, 1.165) is 35.7 Å². The van der Waals surface area contributed by atoms with E-state index < -0.39 is 28.6 Å². The van der Waals surface area contributed by atoms with Crippen molar-refractivity contribution in [2.75, 3.05) is 29.4 Å². The summed E-state index contributed by atoms with van der Waals surface area (Å²) in [5.41, 5.74) is 3.66. The van der Waals surface area contributed by atoms with Crippen LogP contribution in [0.3, 0.4) is 0 Å². The number of alkyl carbamates (subject to hydrolysis) is 1. The van der Waals surface area contributed by atoms with Crippen molar-refractivity contribution in [1.82, 2.24) is 20.3 Å². The van der Waals surface area contributed by atoms with Crippen LogP contribution in [0.4, 0.5) is 16.2 Å². The van der Waals surface area contributed by atoms with Gasteiger partial charge in [-0.15, -0.1) is 0 Å². The summed E-state index contributed by atoms with van der Waals surface area (Å²) in [7, 11) is -4.27. The first-order valence-corrected chi connectivity index (χ1v) is 17.9. The van der Waals surface area contributed by atoms with Crippen LogP contribution in [-0.4, -0.2) is 61.0 Å². The molecule has 0 aliphatic carbocycles. The van der Waals surface area contributed by atoms with Crippen LogP contribution in [0.5, 0.6) is 0 Å². The quantitative estimate of drug-likeness (QED) is 0.0415. The average Bonchev–Trinajstić information content (AvgIpc) is 3.54. The van der Waals surface area contributed by atoms with E-state index in [4.69, 9.17) is 19.9 Å². The number of aryl methyl sites for hydroxylation is 1. The molecule has 5 rings (SSSR count). The summed E-state index contributed by atoms with van der Waals surface area (Å²) in [4.78, 5) is 37.1. The molecule has 13 nitrogen and oxygen atoms in total. The zero-order valence-corrected chi connectivity index (χ0v) is 29.1. The van der Waals surface area contributed by atoms with Gasteiger partial charge < -0.3 is 19.8 Å². The molecule has 0 atom stereocenters. The fraction of sp³-hybridized carbons (Fsp3) is 0.306. The number of aromatic nitrogens is 3. The van der Waals surface area contributed by atoms with Gasteiger partial charge in [-0.3, -0.25) is 24.8 Å². The first kappa shape index (κ1) is 35.8. The van der Waals surface area contributed by atoms with Crippen molar-refractivity contribution < 1.29 is 27.5 Å². The molecule has 50 heavy (non-hydrogen) atoms. The number of unbranched alkanes of at least 4 members (excludes halogenated alkanes) is 3. The number of sulfonamides is 1. The number of imidazole rings is 1. The average molecular weight is 700 g/mol. The Morgan fingerprint density at radius 3 is 2.48 bits per heavy atom. The molecule has 0 saturated carbocycles. The molecule has 4 N–H and O–H groups in total. The number of amidine groups is 1. The van der Waals surface area contributed by atoms with Crippen LogP contribution in [0.1, 0.15) is 56.5 Å². The Kier molecular flexibility index (Phi) is 11.6. The Bertz CT molecular complexity index is 2090. The lowest BCUT2D eigenvalue weighted by Crippen LogP contribution is -2.37. The molecule has 0 saturated heterocycles. The summed E-state index contributed by atoms with van der Waals surface area (Å²) < 4.78 is 39.8. The van der Waals surface area contributed by atoms with E-state index in [0.29, 0.717) is 52.0 Å². The predicted octanol–water partition coefficient (Wildman–Crippen LogP) is 6.42. The number of H-pyrrole nitrogens is 1. The standard InChI is InChI=1S/C36H41N7O6S/c1-4-6-7-8-21-49-36(45)42-35(37)26-14-16-27(17-15-26)39-22-31-40-28-18-19-29(24(3)33(28)41-31)43(23-32(44)48-5-2)50(46,47)30-13-9-11-25-12-10-20-38-34(25)30/h9-20,39H,4-8,21-23H2,1-3H3,(H,40,41)(H2,37,42,45). The van der Waals surface area contributed by atoms with Crippen molar-refractivity contribution in [1.29, 1.82) is 5.41 Å². The molecule has 0 unspecified atom stereocenters. The summed E-state index contributed by atoms with van der Waals surface area (Å²) in [5, 5.41) is 14.6. The molecule has 3 aromatic carbocycles. The van der Waals surface area contributed by atoms with Crippen LogP contribution in [0.15, 0.2) is 77.8 Å². The van der Waals surface area contributed by atoms with Crippen molar-refractivity contribution in [2.45, 2.75) is 57.9 Å². The van der Waals surface area contributed by atoms with Crippen molar-refractivity contribution >= 4 is 61.2 Å². The molecular formula is C36H41N7O6S. The number of ether oxygens (including phenoxy) is 2. The number of hydrogen-bond donors (Lipinski definition) is 4. The number of nitrogens with one attached hydrogen (secondary N) is 4. The van der Waals surface area contributed by atoms with E-state index in [-0.39, 0.29) is 23.0 Å². The van der Waals surface area contributed by atoms with E-state index >= 15 is 0 Å². The number of esters is 1. The number of fused-ring (bicyclic) bond motifs is 2. The summed E-state index contributed by atoms with van der Waals surface area (Å²) in [6.45, 7) is 5.73. The van der Waals surface area contributed by atoms with Gasteiger partial charge in [0.15, 0.2) is 0 Å². The second-order valence-electron chi connectivity index (χ2n) is 11.6. The molecule has 0 fully saturated rings. The largest absolute Gasteiger partial charge is 0.465 e. The van der Waals surface area contributed by atoms with Gasteiger partial charge in [0.05, 0.1) is 42.0 Å². The summed E-state index contributed by atoms with van der Waals surface area (Å²) in [6, 6.07) is 18.8. The molecule has 0 radical (unpaired) electrons. The second kappa shape index (κ2) is 16.3. The first-order valence-electron chi connectivity index (χ1n) is 16.5. The lowest BCUT2D eigenvalue weighted by atomic mass is 10.1. The molecule has 2 aromatic heterocycles.